The maximum atomic E-state index is 13.1. The Hall–Kier alpha value is -2.71. The van der Waals surface area contributed by atoms with Crippen molar-refractivity contribution in [1.82, 2.24) is 26.3 Å². The summed E-state index contributed by atoms with van der Waals surface area (Å²) in [7, 11) is 0. The molecule has 0 saturated heterocycles. The van der Waals surface area contributed by atoms with Gasteiger partial charge >= 0.3 is 0 Å². The number of hydrogen-bond acceptors (Lipinski definition) is 14. The zero-order valence-corrected chi connectivity index (χ0v) is 44.5. The molecule has 64 heavy (non-hydrogen) atoms. The number of aliphatic hydroxyl groups excluding tert-OH is 2. The minimum Gasteiger partial charge on any atom is -0.394 e. The molecule has 0 aliphatic rings. The molecule has 1 atom stereocenters. The van der Waals surface area contributed by atoms with E-state index in [9.17, 15) is 24.3 Å². The van der Waals surface area contributed by atoms with E-state index in [0.29, 0.717) is 31.1 Å². The molecule has 0 saturated carbocycles. The van der Waals surface area contributed by atoms with Gasteiger partial charge in [0.25, 0.3) is 0 Å². The number of rotatable bonds is 30. The molecule has 17 nitrogen and oxygen atoms in total. The Morgan fingerprint density at radius 2 is 1.09 bits per heavy atom. The number of nitrogens with one attached hydrogen (secondary N) is 4. The van der Waals surface area contributed by atoms with Gasteiger partial charge in [0.2, 0.25) is 24.1 Å². The van der Waals surface area contributed by atoms with Crippen LogP contribution in [-0.2, 0) is 38.1 Å². The molecule has 0 rings (SSSR count). The molecule has 0 aliphatic heterocycles. The summed E-state index contributed by atoms with van der Waals surface area (Å²) in [5, 5.41) is 31.0. The van der Waals surface area contributed by atoms with Gasteiger partial charge in [-0.1, -0.05) is 62.3 Å². The van der Waals surface area contributed by atoms with Crippen molar-refractivity contribution in [3.8, 4) is 0 Å². The lowest BCUT2D eigenvalue weighted by Crippen LogP contribution is -2.59. The Balaban J connectivity index is -0.000000539. The van der Waals surface area contributed by atoms with Crippen LogP contribution in [0.15, 0.2) is 11.2 Å². The number of carbonyl (C=O) groups excluding carboxylic acids is 4. The molecule has 10 N–H and O–H groups in total. The number of hydrazine groups is 1. The second kappa shape index (κ2) is 41.7. The van der Waals surface area contributed by atoms with Crippen molar-refractivity contribution in [1.29, 1.82) is 0 Å². The Morgan fingerprint density at radius 3 is 1.45 bits per heavy atom. The monoisotopic (exact) mass is 942 g/mol. The maximum absolute atomic E-state index is 13.1. The van der Waals surface area contributed by atoms with Crippen LogP contribution in [0.2, 0.25) is 0 Å². The quantitative estimate of drug-likeness (QED) is 0.0199. The summed E-state index contributed by atoms with van der Waals surface area (Å²) in [5.74, 6) is 6.87. The molecule has 0 aliphatic carbocycles. The van der Waals surface area contributed by atoms with Crippen LogP contribution in [0, 0.1) is 11.8 Å². The van der Waals surface area contributed by atoms with Crippen molar-refractivity contribution in [3.63, 3.8) is 0 Å². The lowest BCUT2D eigenvalue weighted by atomic mass is 10.0. The summed E-state index contributed by atoms with van der Waals surface area (Å²) in [4.78, 5) is 47.9. The average molecular weight is 942 g/mol. The van der Waals surface area contributed by atoms with Gasteiger partial charge in [0.15, 0.2) is 0 Å². The Labute approximate surface area is 394 Å². The van der Waals surface area contributed by atoms with Crippen molar-refractivity contribution >= 4 is 35.9 Å². The lowest BCUT2D eigenvalue weighted by molar-refractivity contribution is -0.130. The van der Waals surface area contributed by atoms with Crippen LogP contribution >= 0.6 is 11.8 Å². The second-order valence-electron chi connectivity index (χ2n) is 18.7. The topological polar surface area (TPSA) is 249 Å². The van der Waals surface area contributed by atoms with E-state index in [1.807, 2.05) is 54.7 Å². The van der Waals surface area contributed by atoms with Crippen LogP contribution in [0.5, 0.6) is 0 Å². The van der Waals surface area contributed by atoms with E-state index in [-0.39, 0.29) is 95.9 Å². The maximum Gasteiger partial charge on any atom is 0.222 e. The number of ether oxygens (including phenoxy) is 4. The number of hydrogen-bond donors (Lipinski definition) is 8. The number of thioether (sulfide) groups is 1. The van der Waals surface area contributed by atoms with Gasteiger partial charge in [-0.05, 0) is 86.3 Å². The fourth-order valence-electron chi connectivity index (χ4n) is 4.12. The van der Waals surface area contributed by atoms with Gasteiger partial charge in [-0.15, -0.1) is 11.8 Å². The van der Waals surface area contributed by atoms with Crippen molar-refractivity contribution in [2.24, 2.45) is 23.4 Å². The van der Waals surface area contributed by atoms with Crippen molar-refractivity contribution in [2.45, 2.75) is 178 Å². The first-order valence-electron chi connectivity index (χ1n) is 22.8. The zero-order valence-electron chi connectivity index (χ0n) is 43.7. The first-order chi connectivity index (χ1) is 29.6. The smallest absolute Gasteiger partial charge is 0.222 e. The molecule has 4 amide bonds. The molecule has 1 unspecified atom stereocenters. The third-order valence-electron chi connectivity index (χ3n) is 7.33. The van der Waals surface area contributed by atoms with Crippen molar-refractivity contribution in [3.05, 3.63) is 11.2 Å². The van der Waals surface area contributed by atoms with Crippen molar-refractivity contribution in [2.75, 3.05) is 72.3 Å². The van der Waals surface area contributed by atoms with Crippen LogP contribution in [0.3, 0.4) is 0 Å². The van der Waals surface area contributed by atoms with Gasteiger partial charge in [0, 0.05) is 50.8 Å². The highest BCUT2D eigenvalue weighted by molar-refractivity contribution is 8.02. The van der Waals surface area contributed by atoms with Crippen LogP contribution in [0.4, 0.5) is 0 Å². The molecule has 0 aromatic carbocycles. The molecule has 0 bridgehead atoms. The minimum absolute atomic E-state index is 0.00321. The lowest BCUT2D eigenvalue weighted by Gasteiger charge is -2.34. The normalized spacial score (nSPS) is 12.5. The fraction of sp³-hybridized carbons (Fsp3) is 0.870. The fourth-order valence-corrected chi connectivity index (χ4v) is 4.36. The molecule has 0 fully saturated rings. The zero-order chi connectivity index (χ0) is 51.0. The molecule has 0 aromatic heterocycles. The van der Waals surface area contributed by atoms with Crippen LogP contribution in [-0.4, -0.2) is 140 Å². The highest BCUT2D eigenvalue weighted by Crippen LogP contribution is 2.13. The number of aliphatic hydroxyl groups is 2. The summed E-state index contributed by atoms with van der Waals surface area (Å²) < 4.78 is 23.3. The highest BCUT2D eigenvalue weighted by Gasteiger charge is 2.34. The number of nitrogens with zero attached hydrogens (tertiary/aromatic N) is 1. The van der Waals surface area contributed by atoms with Gasteiger partial charge in [0.1, 0.15) is 5.54 Å². The van der Waals surface area contributed by atoms with Crippen LogP contribution < -0.4 is 32.8 Å². The Kier molecular flexibility index (Phi) is 45.8. The summed E-state index contributed by atoms with van der Waals surface area (Å²) in [6.45, 7) is 34.9. The van der Waals surface area contributed by atoms with E-state index in [4.69, 9.17) is 35.6 Å². The SMILES string of the molecule is CC.CC(C)(CO)NC=O.CC(C)C.CC(C)C.CCCOCC(COCCC(=O)NC(C)(C)CO)(COCCC(=O)NC(C)(C)CCOC(C)C)NC(=O)CCN(N)/C=C(\N)SC. The van der Waals surface area contributed by atoms with E-state index in [0.717, 1.165) is 18.3 Å². The van der Waals surface area contributed by atoms with E-state index < -0.39 is 22.2 Å². The standard InChI is InChI=1S/C31H62N6O8S.C5H11NO2.2C4H10.C2H6/c1-9-15-42-21-31(23-44-17-12-28(41)35-30(6,7)20-38,36-26(39)10-14-37(33)19-25(32)46-8)22-43-16-11-27(40)34-29(4,5)13-18-45-24(2)3;1-5(2,3-7)6-4-8;2*1-4(2)3;1-2/h19,24,38H,9-18,20-23,32-33H2,1-8H3,(H,34,40)(H,35,41)(H,36,39);4,7H,3H2,1-2H3,(H,6,8);2*4H,1-3H3;1-2H3/b25-19+;;;;. The molecular weight excluding hydrogens is 843 g/mol. The number of amides is 4. The van der Waals surface area contributed by atoms with Gasteiger partial charge in [0.05, 0.1) is 68.5 Å². The van der Waals surface area contributed by atoms with E-state index in [2.05, 4.69) is 62.8 Å². The number of carbonyl (C=O) groups is 4. The molecule has 0 radical (unpaired) electrons. The van der Waals surface area contributed by atoms with Crippen LogP contribution in [0.25, 0.3) is 0 Å². The third kappa shape index (κ3) is 51.9. The summed E-state index contributed by atoms with van der Waals surface area (Å²) in [6, 6.07) is 0. The van der Waals surface area contributed by atoms with E-state index >= 15 is 0 Å². The Bertz CT molecular complexity index is 1180. The first-order valence-corrected chi connectivity index (χ1v) is 24.0. The van der Waals surface area contributed by atoms with Crippen LogP contribution in [0.1, 0.15) is 150 Å². The van der Waals surface area contributed by atoms with Gasteiger partial charge < -0.3 is 61.2 Å². The van der Waals surface area contributed by atoms with E-state index in [1.54, 1.807) is 33.9 Å². The second-order valence-corrected chi connectivity index (χ2v) is 19.5. The van der Waals surface area contributed by atoms with Crippen molar-refractivity contribution < 1.29 is 48.3 Å². The van der Waals surface area contributed by atoms with E-state index in [1.165, 1.54) is 16.8 Å². The summed E-state index contributed by atoms with van der Waals surface area (Å²) >= 11 is 1.34. The Morgan fingerprint density at radius 1 is 0.688 bits per heavy atom. The molecule has 0 spiro atoms. The summed E-state index contributed by atoms with van der Waals surface area (Å²) in [6.07, 6.45) is 5.71. The predicted octanol–water partition coefficient (Wildman–Crippen LogP) is 5.22. The summed E-state index contributed by atoms with van der Waals surface area (Å²) in [5.41, 5.74) is 3.03. The average Bonchev–Trinajstić information content (AvgIpc) is 3.17. The molecule has 18 heteroatoms. The van der Waals surface area contributed by atoms with Gasteiger partial charge in [-0.3, -0.25) is 19.2 Å². The number of nitrogens with two attached hydrogens (primary N) is 2. The van der Waals surface area contributed by atoms with Gasteiger partial charge in [-0.2, -0.15) is 0 Å². The molecular formula is C46H99N7O10S. The largest absolute Gasteiger partial charge is 0.394 e. The predicted molar refractivity (Wildman–Crippen MR) is 264 cm³/mol. The molecule has 0 heterocycles. The highest BCUT2D eigenvalue weighted by atomic mass is 32.2. The molecule has 0 aromatic rings. The first kappa shape index (κ1) is 70.3. The third-order valence-corrected chi connectivity index (χ3v) is 7.91. The molecule has 384 valence electrons. The minimum atomic E-state index is -1.11. The van der Waals surface area contributed by atoms with Gasteiger partial charge in [-0.25, -0.2) is 5.84 Å².